The quantitative estimate of drug-likeness (QED) is 0.426. The zero-order valence-electron chi connectivity index (χ0n) is 14.3. The van der Waals surface area contributed by atoms with Crippen molar-refractivity contribution in [3.8, 4) is 0 Å². The fourth-order valence-corrected chi connectivity index (χ4v) is 2.07. The highest BCUT2D eigenvalue weighted by atomic mass is 16.8. The number of aliphatic hydroxyl groups is 2. The molecule has 0 aliphatic heterocycles. The number of rotatable bonds is 5. The Balaban J connectivity index is 0.000000240. The topological polar surface area (TPSA) is 96.2 Å². The van der Waals surface area contributed by atoms with Crippen LogP contribution in [0.2, 0.25) is 0 Å². The van der Waals surface area contributed by atoms with E-state index in [-0.39, 0.29) is 11.8 Å². The van der Waals surface area contributed by atoms with E-state index in [9.17, 15) is 0 Å². The molecule has 132 valence electrons. The monoisotopic (exact) mass is 334 g/mol. The normalized spacial score (nSPS) is 10.2. The molecule has 2 aromatic carbocycles. The van der Waals surface area contributed by atoms with Crippen LogP contribution in [-0.4, -0.2) is 33.5 Å². The molecular weight excluding hydrogens is 308 g/mol. The Kier molecular flexibility index (Phi) is 8.21. The van der Waals surface area contributed by atoms with E-state index in [0.29, 0.717) is 5.69 Å². The molecule has 0 aromatic heterocycles. The summed E-state index contributed by atoms with van der Waals surface area (Å²) in [5.41, 5.74) is 4.58. The van der Waals surface area contributed by atoms with E-state index >= 15 is 0 Å². The van der Waals surface area contributed by atoms with Crippen molar-refractivity contribution in [3.63, 3.8) is 0 Å². The van der Waals surface area contributed by atoms with Crippen LogP contribution < -0.4 is 10.5 Å². The molecule has 0 aliphatic carbocycles. The third-order valence-corrected chi connectivity index (χ3v) is 3.37. The third-order valence-electron chi connectivity index (χ3n) is 3.37. The van der Waals surface area contributed by atoms with Crippen LogP contribution in [0.15, 0.2) is 42.5 Å². The fourth-order valence-electron chi connectivity index (χ4n) is 2.07. The van der Waals surface area contributed by atoms with Gasteiger partial charge >= 0.3 is 0 Å². The Bertz CT molecular complexity index is 613. The minimum atomic E-state index is -1.30. The van der Waals surface area contributed by atoms with Gasteiger partial charge in [-0.3, -0.25) is 10.4 Å². The van der Waals surface area contributed by atoms with Gasteiger partial charge in [-0.2, -0.15) is 0 Å². The van der Waals surface area contributed by atoms with Crippen molar-refractivity contribution < 1.29 is 20.6 Å². The number of nitrogens with one attached hydrogen (secondary N) is 1. The van der Waals surface area contributed by atoms with E-state index in [0.717, 1.165) is 23.2 Å². The summed E-state index contributed by atoms with van der Waals surface area (Å²) in [5, 5.41) is 37.8. The maximum Gasteiger partial charge on any atom is 0.169 e. The average Bonchev–Trinajstić information content (AvgIpc) is 2.54. The Labute approximate surface area is 142 Å². The summed E-state index contributed by atoms with van der Waals surface area (Å²) in [7, 11) is 0. The van der Waals surface area contributed by atoms with Crippen LogP contribution >= 0.6 is 0 Å². The minimum absolute atomic E-state index is 0.156. The predicted molar refractivity (Wildman–Crippen MR) is 94.5 cm³/mol. The molecule has 0 aliphatic rings. The third kappa shape index (κ3) is 6.97. The van der Waals surface area contributed by atoms with Gasteiger partial charge in [0.05, 0.1) is 12.2 Å². The Hall–Kier alpha value is -2.12. The molecule has 0 radical (unpaired) electrons. The van der Waals surface area contributed by atoms with Crippen LogP contribution in [0.5, 0.6) is 0 Å². The number of nitrogens with zero attached hydrogens (tertiary/aromatic N) is 1. The van der Waals surface area contributed by atoms with Crippen LogP contribution in [0.1, 0.15) is 23.6 Å². The standard InChI is InChI=1S/2C9H13NO2/c1-7-2-4-8(5-3-7)10-6-9(11)12;1-3-8-6-7(2)4-5-9(8)10(11)12/h2-5,9-12H,6H2,1H3;4-6,11-12H,3H2,1-2H3. The van der Waals surface area contributed by atoms with Crippen molar-refractivity contribution in [2.24, 2.45) is 0 Å². The molecule has 6 nitrogen and oxygen atoms in total. The fraction of sp³-hybridized carbons (Fsp3) is 0.333. The van der Waals surface area contributed by atoms with Crippen molar-refractivity contribution >= 4 is 11.4 Å². The number of anilines is 2. The molecular formula is C18H26N2O4. The molecule has 0 spiro atoms. The van der Waals surface area contributed by atoms with E-state index in [1.807, 2.05) is 57.2 Å². The Morgan fingerprint density at radius 1 is 0.958 bits per heavy atom. The summed E-state index contributed by atoms with van der Waals surface area (Å²) in [5.74, 6) is 0. The summed E-state index contributed by atoms with van der Waals surface area (Å²) in [6.45, 7) is 6.11. The van der Waals surface area contributed by atoms with Crippen molar-refractivity contribution in [1.29, 1.82) is 0 Å². The summed E-state index contributed by atoms with van der Waals surface area (Å²) in [6.07, 6.45) is -0.513. The molecule has 0 heterocycles. The number of aliphatic hydroxyl groups excluding tert-OH is 1. The van der Waals surface area contributed by atoms with Gasteiger partial charge < -0.3 is 15.5 Å². The van der Waals surface area contributed by atoms with Crippen molar-refractivity contribution in [2.45, 2.75) is 33.5 Å². The van der Waals surface area contributed by atoms with Crippen LogP contribution in [0.3, 0.4) is 0 Å². The first-order valence-corrected chi connectivity index (χ1v) is 7.77. The van der Waals surface area contributed by atoms with Gasteiger partial charge in [-0.25, -0.2) is 0 Å². The molecule has 2 aromatic rings. The second-order valence-corrected chi connectivity index (χ2v) is 5.50. The van der Waals surface area contributed by atoms with Crippen LogP contribution in [0.4, 0.5) is 11.4 Å². The van der Waals surface area contributed by atoms with Gasteiger partial charge in [-0.15, -0.1) is 5.23 Å². The van der Waals surface area contributed by atoms with Crippen LogP contribution in [0, 0.1) is 13.8 Å². The van der Waals surface area contributed by atoms with E-state index in [4.69, 9.17) is 20.6 Å². The molecule has 0 amide bonds. The lowest BCUT2D eigenvalue weighted by Gasteiger charge is -2.12. The lowest BCUT2D eigenvalue weighted by molar-refractivity contribution is -0.0275. The highest BCUT2D eigenvalue weighted by molar-refractivity contribution is 5.51. The number of aryl methyl sites for hydroxylation is 3. The zero-order chi connectivity index (χ0) is 18.1. The van der Waals surface area contributed by atoms with Gasteiger partial charge in [-0.05, 0) is 44.0 Å². The van der Waals surface area contributed by atoms with E-state index in [2.05, 4.69) is 5.32 Å². The summed E-state index contributed by atoms with van der Waals surface area (Å²) < 4.78 is 0. The number of hydrogen-bond donors (Lipinski definition) is 5. The largest absolute Gasteiger partial charge is 0.380 e. The average molecular weight is 334 g/mol. The molecule has 0 atom stereocenters. The molecule has 24 heavy (non-hydrogen) atoms. The van der Waals surface area contributed by atoms with E-state index in [1.54, 1.807) is 6.07 Å². The molecule has 0 fully saturated rings. The highest BCUT2D eigenvalue weighted by Crippen LogP contribution is 2.19. The summed E-state index contributed by atoms with van der Waals surface area (Å²) in [6, 6.07) is 13.2. The van der Waals surface area contributed by atoms with Gasteiger partial charge in [0.1, 0.15) is 0 Å². The van der Waals surface area contributed by atoms with Gasteiger partial charge in [0.2, 0.25) is 0 Å². The second-order valence-electron chi connectivity index (χ2n) is 5.50. The maximum absolute atomic E-state index is 8.82. The van der Waals surface area contributed by atoms with Gasteiger partial charge in [0.25, 0.3) is 0 Å². The lowest BCUT2D eigenvalue weighted by atomic mass is 10.1. The molecule has 0 unspecified atom stereocenters. The Morgan fingerprint density at radius 3 is 2.04 bits per heavy atom. The van der Waals surface area contributed by atoms with Gasteiger partial charge in [0, 0.05) is 5.69 Å². The highest BCUT2D eigenvalue weighted by Gasteiger charge is 2.04. The molecule has 0 bridgehead atoms. The van der Waals surface area contributed by atoms with E-state index in [1.165, 1.54) is 5.56 Å². The predicted octanol–water partition coefficient (Wildman–Crippen LogP) is 2.86. The van der Waals surface area contributed by atoms with Crippen LogP contribution in [0.25, 0.3) is 0 Å². The lowest BCUT2D eigenvalue weighted by Crippen LogP contribution is -2.18. The van der Waals surface area contributed by atoms with Crippen molar-refractivity contribution in [1.82, 2.24) is 0 Å². The second kappa shape index (κ2) is 9.89. The number of benzene rings is 2. The van der Waals surface area contributed by atoms with Gasteiger partial charge in [0.15, 0.2) is 6.29 Å². The summed E-state index contributed by atoms with van der Waals surface area (Å²) >= 11 is 0. The van der Waals surface area contributed by atoms with Crippen molar-refractivity contribution in [2.75, 3.05) is 17.1 Å². The maximum atomic E-state index is 8.82. The molecule has 0 saturated heterocycles. The smallest absolute Gasteiger partial charge is 0.169 e. The molecule has 2 rings (SSSR count). The minimum Gasteiger partial charge on any atom is -0.380 e. The number of hydrogen-bond acceptors (Lipinski definition) is 6. The van der Waals surface area contributed by atoms with Crippen molar-refractivity contribution in [3.05, 3.63) is 59.2 Å². The van der Waals surface area contributed by atoms with Gasteiger partial charge in [-0.1, -0.05) is 42.3 Å². The van der Waals surface area contributed by atoms with E-state index < -0.39 is 6.29 Å². The molecule has 0 saturated carbocycles. The summed E-state index contributed by atoms with van der Waals surface area (Å²) in [4.78, 5) is 0. The Morgan fingerprint density at radius 2 is 1.54 bits per heavy atom. The zero-order valence-corrected chi connectivity index (χ0v) is 14.3. The first-order valence-electron chi connectivity index (χ1n) is 7.77. The first kappa shape index (κ1) is 19.9. The SMILES string of the molecule is CCc1cc(C)ccc1N(O)O.Cc1ccc(NCC(O)O)cc1. The molecule has 6 heteroatoms. The van der Waals surface area contributed by atoms with Crippen LogP contribution in [-0.2, 0) is 6.42 Å². The molecule has 5 N–H and O–H groups in total. The first-order chi connectivity index (χ1) is 11.3.